The van der Waals surface area contributed by atoms with Crippen LogP contribution in [0.4, 0.5) is 13.2 Å². The van der Waals surface area contributed by atoms with Crippen LogP contribution in [0.2, 0.25) is 0 Å². The normalized spacial score (nSPS) is 31.5. The highest BCUT2D eigenvalue weighted by Crippen LogP contribution is 2.82. The second-order valence-corrected chi connectivity index (χ2v) is 13.4. The Kier molecular flexibility index (Phi) is 5.31. The molecule has 3 aromatic rings. The SMILES string of the molecule is Cc1nonc1C(=O)N[C@H](c1nc2nc([C@H]3CC4(CCN3C(=O)C35CC3(F)C5)CC4)ccc2[nH]1)C1CCC(F)(F)CC1. The first-order valence-electron chi connectivity index (χ1n) is 14.9. The number of hydrogen-bond acceptors (Lipinski definition) is 7. The molecule has 222 valence electrons. The molecule has 0 unspecified atom stereocenters. The van der Waals surface area contributed by atoms with Crippen molar-refractivity contribution >= 4 is 23.0 Å². The number of imidazole rings is 1. The first-order valence-corrected chi connectivity index (χ1v) is 14.9. The monoisotopic (exact) mass is 583 g/mol. The van der Waals surface area contributed by atoms with Crippen LogP contribution >= 0.6 is 0 Å². The van der Waals surface area contributed by atoms with Gasteiger partial charge >= 0.3 is 0 Å². The second kappa shape index (κ2) is 8.53. The van der Waals surface area contributed by atoms with Crippen LogP contribution in [0.5, 0.6) is 0 Å². The van der Waals surface area contributed by atoms with E-state index in [-0.39, 0.29) is 54.7 Å². The fraction of sp³-hybridized carbons (Fsp3) is 0.655. The molecule has 3 aromatic heterocycles. The van der Waals surface area contributed by atoms with E-state index in [0.717, 1.165) is 25.7 Å². The van der Waals surface area contributed by atoms with E-state index in [0.29, 0.717) is 47.8 Å². The number of alkyl halides is 3. The average molecular weight is 584 g/mol. The number of piperidine rings is 1. The quantitative estimate of drug-likeness (QED) is 0.423. The predicted molar refractivity (Wildman–Crippen MR) is 141 cm³/mol. The van der Waals surface area contributed by atoms with Crippen LogP contribution in [0.1, 0.15) is 104 Å². The number of H-pyrrole nitrogens is 1. The summed E-state index contributed by atoms with van der Waals surface area (Å²) >= 11 is 0. The highest BCUT2D eigenvalue weighted by atomic mass is 19.3. The van der Waals surface area contributed by atoms with Gasteiger partial charge in [-0.2, -0.15) is 0 Å². The summed E-state index contributed by atoms with van der Waals surface area (Å²) in [5.41, 5.74) is 0.207. The zero-order valence-corrected chi connectivity index (χ0v) is 23.3. The molecule has 4 heterocycles. The molecule has 1 aliphatic heterocycles. The summed E-state index contributed by atoms with van der Waals surface area (Å²) < 4.78 is 47.3. The Bertz CT molecular complexity index is 1600. The number of fused-ring (bicyclic) bond motifs is 2. The molecule has 42 heavy (non-hydrogen) atoms. The van der Waals surface area contributed by atoms with E-state index in [1.54, 1.807) is 6.92 Å². The molecule has 1 spiro atoms. The van der Waals surface area contributed by atoms with E-state index >= 15 is 0 Å². The number of nitrogens with zero attached hydrogens (tertiary/aromatic N) is 5. The smallest absolute Gasteiger partial charge is 0.276 e. The number of likely N-dealkylation sites (tertiary alicyclic amines) is 1. The van der Waals surface area contributed by atoms with Gasteiger partial charge in [0.15, 0.2) is 11.3 Å². The number of carbonyl (C=O) groups is 2. The van der Waals surface area contributed by atoms with E-state index in [4.69, 9.17) is 9.97 Å². The standard InChI is InChI=1S/C29H32F3N7O3/c1-15-20(38-42-37-15)24(40)35-21(16-4-6-29(31,32)7-5-16)23-34-18-3-2-17(33-22(18)36-23)19-12-26(8-9-26)10-11-39(19)25(41)27-13-28(27,30)14-27/h2-3,16,19,21H,4-14H2,1H3,(H,35,40)(H,33,34,36)/t19-,21+,27?,28?/m1/s1. The second-order valence-electron chi connectivity index (χ2n) is 13.4. The molecule has 5 fully saturated rings. The van der Waals surface area contributed by atoms with Gasteiger partial charge in [0.25, 0.3) is 5.91 Å². The predicted octanol–water partition coefficient (Wildman–Crippen LogP) is 4.89. The van der Waals surface area contributed by atoms with Gasteiger partial charge in [-0.15, -0.1) is 0 Å². The summed E-state index contributed by atoms with van der Waals surface area (Å²) in [5.74, 6) is -3.22. The Morgan fingerprint density at radius 3 is 2.45 bits per heavy atom. The van der Waals surface area contributed by atoms with Gasteiger partial charge < -0.3 is 15.2 Å². The van der Waals surface area contributed by atoms with Crippen molar-refractivity contribution in [1.29, 1.82) is 0 Å². The molecular formula is C29H32F3N7O3. The molecule has 5 aliphatic rings. The third-order valence-electron chi connectivity index (χ3n) is 10.7. The van der Waals surface area contributed by atoms with Gasteiger partial charge in [-0.1, -0.05) is 5.16 Å². The van der Waals surface area contributed by atoms with Crippen LogP contribution in [0, 0.1) is 23.7 Å². The minimum atomic E-state index is -2.73. The molecule has 13 heteroatoms. The molecule has 1 saturated heterocycles. The first kappa shape index (κ1) is 26.1. The van der Waals surface area contributed by atoms with Gasteiger partial charge in [-0.3, -0.25) is 9.59 Å². The summed E-state index contributed by atoms with van der Waals surface area (Å²) in [4.78, 5) is 41.3. The molecule has 0 bridgehead atoms. The lowest BCUT2D eigenvalue weighted by molar-refractivity contribution is -0.140. The highest BCUT2D eigenvalue weighted by molar-refractivity contribution is 5.94. The molecule has 8 rings (SSSR count). The number of rotatable bonds is 6. The number of aryl methyl sites for hydroxylation is 1. The zero-order chi connectivity index (χ0) is 29.1. The number of amides is 2. The third kappa shape index (κ3) is 4.05. The van der Waals surface area contributed by atoms with Crippen molar-refractivity contribution < 1.29 is 27.4 Å². The van der Waals surface area contributed by atoms with Gasteiger partial charge in [-0.25, -0.2) is 27.8 Å². The summed E-state index contributed by atoms with van der Waals surface area (Å²) in [6.45, 7) is 2.20. The molecule has 2 atom stereocenters. The molecule has 2 N–H and O–H groups in total. The van der Waals surface area contributed by atoms with Gasteiger partial charge in [0, 0.05) is 32.2 Å². The van der Waals surface area contributed by atoms with Crippen molar-refractivity contribution in [2.75, 3.05) is 6.54 Å². The fourth-order valence-corrected chi connectivity index (χ4v) is 7.42. The van der Waals surface area contributed by atoms with Crippen LogP contribution in [-0.4, -0.2) is 60.1 Å². The summed E-state index contributed by atoms with van der Waals surface area (Å²) in [5, 5.41) is 10.3. The Hall–Kier alpha value is -3.51. The van der Waals surface area contributed by atoms with Crippen LogP contribution in [0.25, 0.3) is 11.2 Å². The van der Waals surface area contributed by atoms with Crippen molar-refractivity contribution in [3.05, 3.63) is 35.0 Å². The maximum Gasteiger partial charge on any atom is 0.276 e. The number of aromatic amines is 1. The molecule has 4 saturated carbocycles. The lowest BCUT2D eigenvalue weighted by Crippen LogP contribution is -2.44. The van der Waals surface area contributed by atoms with Crippen molar-refractivity contribution in [3.63, 3.8) is 0 Å². The minimum Gasteiger partial charge on any atom is -0.340 e. The number of carbonyl (C=O) groups excluding carboxylic acids is 2. The van der Waals surface area contributed by atoms with Gasteiger partial charge in [-0.05, 0) is 74.1 Å². The number of pyridine rings is 1. The number of hydrogen-bond donors (Lipinski definition) is 2. The number of aromatic nitrogens is 5. The van der Waals surface area contributed by atoms with Crippen LogP contribution < -0.4 is 5.32 Å². The average Bonchev–Trinajstić information content (AvgIpc) is 3.82. The molecular weight excluding hydrogens is 551 g/mol. The molecule has 0 radical (unpaired) electrons. The number of halogens is 3. The number of nitrogens with one attached hydrogen (secondary N) is 2. The molecule has 0 aromatic carbocycles. The summed E-state index contributed by atoms with van der Waals surface area (Å²) in [6.07, 6.45) is 4.51. The van der Waals surface area contributed by atoms with Crippen LogP contribution in [0.3, 0.4) is 0 Å². The molecule has 4 aliphatic carbocycles. The zero-order valence-electron chi connectivity index (χ0n) is 23.3. The van der Waals surface area contributed by atoms with Gasteiger partial charge in [0.05, 0.1) is 28.7 Å². The van der Waals surface area contributed by atoms with E-state index in [1.807, 2.05) is 17.0 Å². The topological polar surface area (TPSA) is 130 Å². The minimum absolute atomic E-state index is 0.0248. The lowest BCUT2D eigenvalue weighted by atomic mass is 9.81. The van der Waals surface area contributed by atoms with E-state index < -0.39 is 29.0 Å². The van der Waals surface area contributed by atoms with Crippen LogP contribution in [0.15, 0.2) is 16.8 Å². The molecule has 10 nitrogen and oxygen atoms in total. The Morgan fingerprint density at radius 2 is 1.81 bits per heavy atom. The maximum atomic E-state index is 14.6. The van der Waals surface area contributed by atoms with Gasteiger partial charge in [0.1, 0.15) is 17.2 Å². The maximum absolute atomic E-state index is 14.6. The van der Waals surface area contributed by atoms with E-state index in [9.17, 15) is 22.8 Å². The Balaban J connectivity index is 1.10. The third-order valence-corrected chi connectivity index (χ3v) is 10.7. The summed E-state index contributed by atoms with van der Waals surface area (Å²) in [7, 11) is 0. The van der Waals surface area contributed by atoms with Crippen molar-refractivity contribution in [2.45, 2.75) is 94.8 Å². The molecule has 2 amide bonds. The summed E-state index contributed by atoms with van der Waals surface area (Å²) in [6, 6.07) is 2.80. The van der Waals surface area contributed by atoms with Crippen molar-refractivity contribution in [2.24, 2.45) is 16.7 Å². The Labute approximate surface area is 239 Å². The first-order chi connectivity index (χ1) is 20.0. The largest absolute Gasteiger partial charge is 0.340 e. The lowest BCUT2D eigenvalue weighted by Gasteiger charge is -2.40. The highest BCUT2D eigenvalue weighted by Gasteiger charge is 2.90. The van der Waals surface area contributed by atoms with Gasteiger partial charge in [0.2, 0.25) is 11.8 Å². The van der Waals surface area contributed by atoms with Crippen molar-refractivity contribution in [3.8, 4) is 0 Å². The van der Waals surface area contributed by atoms with E-state index in [2.05, 4.69) is 25.2 Å². The van der Waals surface area contributed by atoms with Crippen LogP contribution in [-0.2, 0) is 4.79 Å². The Morgan fingerprint density at radius 1 is 1.07 bits per heavy atom. The fourth-order valence-electron chi connectivity index (χ4n) is 7.42. The van der Waals surface area contributed by atoms with Crippen molar-refractivity contribution in [1.82, 2.24) is 35.5 Å². The van der Waals surface area contributed by atoms with E-state index in [1.165, 1.54) is 0 Å².